The molecule has 3 rings (SSSR count). The largest absolute Gasteiger partial charge is 0.465 e. The number of rotatable bonds is 2. The van der Waals surface area contributed by atoms with Gasteiger partial charge in [0.25, 0.3) is 0 Å². The van der Waals surface area contributed by atoms with Gasteiger partial charge in [0, 0.05) is 11.2 Å². The number of para-hydroxylation sites is 1. The Morgan fingerprint density at radius 1 is 1.00 bits per heavy atom. The number of fused-ring (bicyclic) bond motifs is 1. The summed E-state index contributed by atoms with van der Waals surface area (Å²) in [5.74, 6) is 0.860. The minimum Gasteiger partial charge on any atom is -0.465 e. The van der Waals surface area contributed by atoms with Crippen LogP contribution in [0, 0.1) is 0 Å². The maximum Gasteiger partial charge on any atom is 0.126 e. The van der Waals surface area contributed by atoms with Crippen LogP contribution in [0.2, 0.25) is 0 Å². The molecular formula is C14H11NO. The minimum atomic E-state index is 0.860. The first kappa shape index (κ1) is 9.04. The highest BCUT2D eigenvalue weighted by atomic mass is 16.3. The van der Waals surface area contributed by atoms with E-state index in [1.54, 1.807) is 6.26 Å². The van der Waals surface area contributed by atoms with Crippen LogP contribution in [0.5, 0.6) is 0 Å². The number of aromatic amines is 1. The molecule has 0 aliphatic heterocycles. The van der Waals surface area contributed by atoms with Crippen molar-refractivity contribution in [2.24, 2.45) is 0 Å². The van der Waals surface area contributed by atoms with Crippen molar-refractivity contribution in [2.45, 2.75) is 0 Å². The summed E-state index contributed by atoms with van der Waals surface area (Å²) in [4.78, 5) is 3.33. The number of hydrogen-bond acceptors (Lipinski definition) is 1. The summed E-state index contributed by atoms with van der Waals surface area (Å²) < 4.78 is 5.23. The second-order valence-electron chi connectivity index (χ2n) is 3.66. The van der Waals surface area contributed by atoms with E-state index in [9.17, 15) is 0 Å². The van der Waals surface area contributed by atoms with E-state index in [-0.39, 0.29) is 0 Å². The van der Waals surface area contributed by atoms with Crippen LogP contribution >= 0.6 is 0 Å². The SMILES string of the molecule is C(=Cc1ccco1)c1cc2ccccc2[nH]1. The highest BCUT2D eigenvalue weighted by Gasteiger charge is 1.96. The molecule has 2 nitrogen and oxygen atoms in total. The fourth-order valence-electron chi connectivity index (χ4n) is 1.74. The van der Waals surface area contributed by atoms with Gasteiger partial charge in [-0.15, -0.1) is 0 Å². The van der Waals surface area contributed by atoms with Gasteiger partial charge < -0.3 is 9.40 Å². The van der Waals surface area contributed by atoms with Gasteiger partial charge in [-0.1, -0.05) is 18.2 Å². The standard InChI is InChI=1S/C14H11NO/c1-2-6-14-11(4-1)10-12(15-14)7-8-13-5-3-9-16-13/h1-10,15H. The lowest BCUT2D eigenvalue weighted by molar-refractivity contribution is 0.557. The molecule has 0 amide bonds. The van der Waals surface area contributed by atoms with Crippen molar-refractivity contribution in [1.29, 1.82) is 0 Å². The molecule has 16 heavy (non-hydrogen) atoms. The molecule has 0 spiro atoms. The number of aromatic nitrogens is 1. The molecule has 1 aromatic carbocycles. The summed E-state index contributed by atoms with van der Waals surface area (Å²) in [5.41, 5.74) is 2.24. The average molecular weight is 209 g/mol. The summed E-state index contributed by atoms with van der Waals surface area (Å²) >= 11 is 0. The molecule has 0 unspecified atom stereocenters. The van der Waals surface area contributed by atoms with E-state index in [0.717, 1.165) is 17.0 Å². The van der Waals surface area contributed by atoms with Crippen LogP contribution < -0.4 is 0 Å². The lowest BCUT2D eigenvalue weighted by Gasteiger charge is -1.85. The summed E-state index contributed by atoms with van der Waals surface area (Å²) in [7, 11) is 0. The molecule has 0 fully saturated rings. The van der Waals surface area contributed by atoms with E-state index in [4.69, 9.17) is 4.42 Å². The third-order valence-electron chi connectivity index (χ3n) is 2.52. The molecule has 0 atom stereocenters. The molecular weight excluding hydrogens is 198 g/mol. The molecule has 0 aliphatic rings. The lowest BCUT2D eigenvalue weighted by Crippen LogP contribution is -1.68. The molecule has 0 aliphatic carbocycles. The van der Waals surface area contributed by atoms with Gasteiger partial charge in [-0.3, -0.25) is 0 Å². The van der Waals surface area contributed by atoms with E-state index in [1.165, 1.54) is 5.39 Å². The summed E-state index contributed by atoms with van der Waals surface area (Å²) in [5, 5.41) is 1.22. The zero-order chi connectivity index (χ0) is 10.8. The second kappa shape index (κ2) is 3.74. The van der Waals surface area contributed by atoms with Gasteiger partial charge in [0.2, 0.25) is 0 Å². The Balaban J connectivity index is 1.95. The molecule has 2 heterocycles. The minimum absolute atomic E-state index is 0.860. The van der Waals surface area contributed by atoms with E-state index in [0.29, 0.717) is 0 Å². The zero-order valence-corrected chi connectivity index (χ0v) is 8.68. The van der Waals surface area contributed by atoms with Crippen LogP contribution in [0.3, 0.4) is 0 Å². The van der Waals surface area contributed by atoms with Crippen molar-refractivity contribution >= 4 is 23.1 Å². The topological polar surface area (TPSA) is 28.9 Å². The van der Waals surface area contributed by atoms with E-state index >= 15 is 0 Å². The predicted molar refractivity (Wildman–Crippen MR) is 65.9 cm³/mol. The number of furan rings is 1. The molecule has 2 heteroatoms. The first-order chi connectivity index (χ1) is 7.92. The summed E-state index contributed by atoms with van der Waals surface area (Å²) in [6.45, 7) is 0. The zero-order valence-electron chi connectivity index (χ0n) is 8.68. The van der Waals surface area contributed by atoms with Crippen molar-refractivity contribution in [2.75, 3.05) is 0 Å². The van der Waals surface area contributed by atoms with Crippen LogP contribution in [0.15, 0.2) is 53.1 Å². The third-order valence-corrected chi connectivity index (χ3v) is 2.52. The number of nitrogens with one attached hydrogen (secondary N) is 1. The van der Waals surface area contributed by atoms with Crippen LogP contribution in [-0.2, 0) is 0 Å². The van der Waals surface area contributed by atoms with Gasteiger partial charge in [0.15, 0.2) is 0 Å². The Kier molecular flexibility index (Phi) is 2.11. The smallest absolute Gasteiger partial charge is 0.126 e. The van der Waals surface area contributed by atoms with E-state index in [1.807, 2.05) is 36.4 Å². The number of H-pyrrole nitrogens is 1. The molecule has 78 valence electrons. The first-order valence-electron chi connectivity index (χ1n) is 5.21. The van der Waals surface area contributed by atoms with Crippen LogP contribution in [0.4, 0.5) is 0 Å². The quantitative estimate of drug-likeness (QED) is 0.680. The Labute approximate surface area is 93.2 Å². The van der Waals surface area contributed by atoms with Crippen molar-refractivity contribution in [3.63, 3.8) is 0 Å². The van der Waals surface area contributed by atoms with Gasteiger partial charge in [-0.2, -0.15) is 0 Å². The Bertz CT molecular complexity index is 584. The molecule has 3 aromatic rings. The van der Waals surface area contributed by atoms with Gasteiger partial charge >= 0.3 is 0 Å². The molecule has 0 saturated carbocycles. The first-order valence-corrected chi connectivity index (χ1v) is 5.21. The molecule has 2 aromatic heterocycles. The average Bonchev–Trinajstić information content (AvgIpc) is 2.95. The normalized spacial score (nSPS) is 11.5. The molecule has 1 N–H and O–H groups in total. The monoisotopic (exact) mass is 209 g/mol. The van der Waals surface area contributed by atoms with Crippen molar-refractivity contribution in [3.05, 3.63) is 60.2 Å². The number of benzene rings is 1. The maximum absolute atomic E-state index is 5.23. The Morgan fingerprint density at radius 2 is 1.94 bits per heavy atom. The third kappa shape index (κ3) is 1.65. The van der Waals surface area contributed by atoms with Crippen molar-refractivity contribution in [1.82, 2.24) is 4.98 Å². The van der Waals surface area contributed by atoms with Crippen LogP contribution in [0.1, 0.15) is 11.5 Å². The predicted octanol–water partition coefficient (Wildman–Crippen LogP) is 3.93. The highest BCUT2D eigenvalue weighted by Crippen LogP contribution is 2.16. The van der Waals surface area contributed by atoms with Crippen LogP contribution in [-0.4, -0.2) is 4.98 Å². The van der Waals surface area contributed by atoms with E-state index < -0.39 is 0 Å². The molecule has 0 radical (unpaired) electrons. The Hall–Kier alpha value is -2.22. The van der Waals surface area contributed by atoms with Gasteiger partial charge in [-0.25, -0.2) is 0 Å². The van der Waals surface area contributed by atoms with Crippen molar-refractivity contribution in [3.8, 4) is 0 Å². The number of hydrogen-bond donors (Lipinski definition) is 1. The molecule has 0 saturated heterocycles. The van der Waals surface area contributed by atoms with Crippen molar-refractivity contribution < 1.29 is 4.42 Å². The van der Waals surface area contributed by atoms with Gasteiger partial charge in [0.05, 0.1) is 6.26 Å². The van der Waals surface area contributed by atoms with E-state index in [2.05, 4.69) is 23.2 Å². The fourth-order valence-corrected chi connectivity index (χ4v) is 1.74. The second-order valence-corrected chi connectivity index (χ2v) is 3.66. The van der Waals surface area contributed by atoms with Gasteiger partial charge in [0.1, 0.15) is 5.76 Å². The van der Waals surface area contributed by atoms with Crippen LogP contribution in [0.25, 0.3) is 23.1 Å². The highest BCUT2D eigenvalue weighted by molar-refractivity contribution is 5.84. The lowest BCUT2D eigenvalue weighted by atomic mass is 10.2. The Morgan fingerprint density at radius 3 is 2.75 bits per heavy atom. The maximum atomic E-state index is 5.23. The molecule has 0 bridgehead atoms. The van der Waals surface area contributed by atoms with Gasteiger partial charge in [-0.05, 0) is 41.8 Å². The summed E-state index contributed by atoms with van der Waals surface area (Å²) in [6.07, 6.45) is 5.63. The summed E-state index contributed by atoms with van der Waals surface area (Å²) in [6, 6.07) is 14.2. The fraction of sp³-hybridized carbons (Fsp3) is 0.